The highest BCUT2D eigenvalue weighted by Gasteiger charge is 2.37. The van der Waals surface area contributed by atoms with E-state index in [-0.39, 0.29) is 5.78 Å². The first-order valence-corrected chi connectivity index (χ1v) is 6.80. The van der Waals surface area contributed by atoms with Crippen LogP contribution in [0.15, 0.2) is 24.3 Å². The number of fused-ring (bicyclic) bond motifs is 2. The Morgan fingerprint density at radius 1 is 1.40 bits per heavy atom. The van der Waals surface area contributed by atoms with Gasteiger partial charge in [-0.3, -0.25) is 4.79 Å². The minimum absolute atomic E-state index is 0.0603. The maximum Gasteiger partial charge on any atom is 0.188 e. The van der Waals surface area contributed by atoms with Crippen LogP contribution in [-0.2, 0) is 15.1 Å². The summed E-state index contributed by atoms with van der Waals surface area (Å²) < 4.78 is 5.79. The van der Waals surface area contributed by atoms with Gasteiger partial charge in [-0.2, -0.15) is 0 Å². The second-order valence-corrected chi connectivity index (χ2v) is 5.92. The third kappa shape index (κ3) is 2.15. The lowest BCUT2D eigenvalue weighted by atomic mass is 9.98. The van der Waals surface area contributed by atoms with E-state index >= 15 is 0 Å². The van der Waals surface area contributed by atoms with E-state index in [9.17, 15) is 4.79 Å². The van der Waals surface area contributed by atoms with E-state index < -0.39 is 11.8 Å². The minimum atomic E-state index is -0.643. The highest BCUT2D eigenvalue weighted by atomic mass is 35.5. The van der Waals surface area contributed by atoms with Crippen molar-refractivity contribution in [2.24, 2.45) is 0 Å². The van der Waals surface area contributed by atoms with E-state index in [1.54, 1.807) is 0 Å². The fourth-order valence-corrected chi connectivity index (χ4v) is 2.60. The number of ether oxygens (including phenoxy) is 1. The fraction of sp³-hybridized carbons (Fsp3) is 0.333. The summed E-state index contributed by atoms with van der Waals surface area (Å²) in [6.45, 7) is 5.33. The summed E-state index contributed by atoms with van der Waals surface area (Å²) in [6, 6.07) is 7.51. The number of aromatic nitrogens is 1. The normalized spacial score (nSPS) is 20.3. The van der Waals surface area contributed by atoms with E-state index in [0.717, 1.165) is 22.3 Å². The molecule has 0 fully saturated rings. The molecule has 0 saturated heterocycles. The number of halogens is 1. The van der Waals surface area contributed by atoms with Crippen molar-refractivity contribution in [3.63, 3.8) is 0 Å². The van der Waals surface area contributed by atoms with Crippen LogP contribution in [0.2, 0.25) is 5.02 Å². The highest BCUT2D eigenvalue weighted by Crippen LogP contribution is 2.37. The van der Waals surface area contributed by atoms with Gasteiger partial charge < -0.3 is 10.1 Å². The molecule has 0 saturated carbocycles. The number of nitrogens with zero attached hydrogens (tertiary/aromatic N) is 1. The SMILES string of the molecule is CC(=O)C1Nc2cc3cc(Cl)ccc3nc2C(C)(C)O1. The third-order valence-corrected chi connectivity index (χ3v) is 3.65. The van der Waals surface area contributed by atoms with Crippen molar-refractivity contribution >= 4 is 34.0 Å². The Labute approximate surface area is 122 Å². The van der Waals surface area contributed by atoms with E-state index in [1.807, 2.05) is 38.1 Å². The second kappa shape index (κ2) is 4.43. The largest absolute Gasteiger partial charge is 0.352 e. The lowest BCUT2D eigenvalue weighted by molar-refractivity contribution is -0.139. The maximum absolute atomic E-state index is 11.6. The summed E-state index contributed by atoms with van der Waals surface area (Å²) >= 11 is 6.01. The molecule has 1 aliphatic heterocycles. The second-order valence-electron chi connectivity index (χ2n) is 5.48. The number of pyridine rings is 1. The summed E-state index contributed by atoms with van der Waals surface area (Å²) in [5, 5.41) is 4.68. The van der Waals surface area contributed by atoms with Crippen molar-refractivity contribution in [3.8, 4) is 0 Å². The van der Waals surface area contributed by atoms with Gasteiger partial charge in [-0.1, -0.05) is 11.6 Å². The Kier molecular flexibility index (Phi) is 2.96. The molecular weight excluding hydrogens is 276 g/mol. The van der Waals surface area contributed by atoms with Gasteiger partial charge in [0.15, 0.2) is 12.0 Å². The topological polar surface area (TPSA) is 51.2 Å². The zero-order valence-electron chi connectivity index (χ0n) is 11.5. The van der Waals surface area contributed by atoms with Crippen LogP contribution in [0.3, 0.4) is 0 Å². The van der Waals surface area contributed by atoms with Crippen LogP contribution in [0.25, 0.3) is 10.9 Å². The van der Waals surface area contributed by atoms with Crippen LogP contribution < -0.4 is 5.32 Å². The van der Waals surface area contributed by atoms with Crippen molar-refractivity contribution in [3.05, 3.63) is 35.0 Å². The van der Waals surface area contributed by atoms with Gasteiger partial charge in [0.05, 0.1) is 16.9 Å². The van der Waals surface area contributed by atoms with E-state index in [1.165, 1.54) is 6.92 Å². The summed E-state index contributed by atoms with van der Waals surface area (Å²) in [5.74, 6) is -0.0603. The van der Waals surface area contributed by atoms with Crippen LogP contribution in [0, 0.1) is 0 Å². The van der Waals surface area contributed by atoms with Crippen LogP contribution in [0.4, 0.5) is 5.69 Å². The molecule has 1 unspecified atom stereocenters. The van der Waals surface area contributed by atoms with Gasteiger partial charge in [0.2, 0.25) is 0 Å². The molecule has 1 atom stereocenters. The number of hydrogen-bond acceptors (Lipinski definition) is 4. The van der Waals surface area contributed by atoms with Gasteiger partial charge in [0, 0.05) is 10.4 Å². The molecule has 0 bridgehead atoms. The summed E-state index contributed by atoms with van der Waals surface area (Å²) in [6.07, 6.45) is -0.643. The number of ketones is 1. The monoisotopic (exact) mass is 290 g/mol. The number of benzene rings is 1. The molecule has 2 heterocycles. The first kappa shape index (κ1) is 13.3. The average molecular weight is 291 g/mol. The first-order valence-electron chi connectivity index (χ1n) is 6.42. The molecule has 4 nitrogen and oxygen atoms in total. The quantitative estimate of drug-likeness (QED) is 0.873. The lowest BCUT2D eigenvalue weighted by Gasteiger charge is -2.37. The van der Waals surface area contributed by atoms with Crippen molar-refractivity contribution in [1.82, 2.24) is 4.98 Å². The third-order valence-electron chi connectivity index (χ3n) is 3.42. The molecule has 5 heteroatoms. The number of anilines is 1. The van der Waals surface area contributed by atoms with Crippen LogP contribution in [0.5, 0.6) is 0 Å². The molecule has 1 aromatic heterocycles. The molecule has 0 spiro atoms. The Bertz CT molecular complexity index is 712. The number of rotatable bonds is 1. The summed E-state index contributed by atoms with van der Waals surface area (Å²) in [7, 11) is 0. The van der Waals surface area contributed by atoms with E-state index in [4.69, 9.17) is 16.3 Å². The summed E-state index contributed by atoms with van der Waals surface area (Å²) in [4.78, 5) is 16.2. The Morgan fingerprint density at radius 3 is 2.85 bits per heavy atom. The number of hydrogen-bond donors (Lipinski definition) is 1. The van der Waals surface area contributed by atoms with E-state index in [2.05, 4.69) is 10.3 Å². The molecule has 0 radical (unpaired) electrons. The Balaban J connectivity index is 2.20. The van der Waals surface area contributed by atoms with Crippen LogP contribution in [0.1, 0.15) is 26.5 Å². The van der Waals surface area contributed by atoms with Crippen molar-refractivity contribution in [2.45, 2.75) is 32.6 Å². The molecule has 1 aromatic carbocycles. The molecular formula is C15H15ClN2O2. The number of nitrogens with one attached hydrogen (secondary N) is 1. The lowest BCUT2D eigenvalue weighted by Crippen LogP contribution is -2.43. The molecule has 2 aromatic rings. The molecule has 104 valence electrons. The molecule has 1 N–H and O–H groups in total. The van der Waals surface area contributed by atoms with Crippen molar-refractivity contribution in [2.75, 3.05) is 5.32 Å². The van der Waals surface area contributed by atoms with Gasteiger partial charge in [-0.05, 0) is 45.0 Å². The zero-order valence-corrected chi connectivity index (χ0v) is 12.3. The number of carbonyl (C=O) groups excluding carboxylic acids is 1. The van der Waals surface area contributed by atoms with Gasteiger partial charge in [0.1, 0.15) is 5.60 Å². The highest BCUT2D eigenvalue weighted by molar-refractivity contribution is 6.31. The van der Waals surface area contributed by atoms with Gasteiger partial charge in [-0.25, -0.2) is 4.98 Å². The predicted octanol–water partition coefficient (Wildman–Crippen LogP) is 3.48. The van der Waals surface area contributed by atoms with Crippen LogP contribution in [-0.4, -0.2) is 17.0 Å². The zero-order chi connectivity index (χ0) is 14.5. The summed E-state index contributed by atoms with van der Waals surface area (Å²) in [5.41, 5.74) is 1.85. The van der Waals surface area contributed by atoms with Gasteiger partial charge in [0.25, 0.3) is 0 Å². The van der Waals surface area contributed by atoms with Crippen LogP contribution >= 0.6 is 11.6 Å². The van der Waals surface area contributed by atoms with Gasteiger partial charge >= 0.3 is 0 Å². The van der Waals surface area contributed by atoms with Gasteiger partial charge in [-0.15, -0.1) is 0 Å². The number of carbonyl (C=O) groups is 1. The van der Waals surface area contributed by atoms with Crippen molar-refractivity contribution < 1.29 is 9.53 Å². The smallest absolute Gasteiger partial charge is 0.188 e. The molecule has 0 aliphatic carbocycles. The fourth-order valence-electron chi connectivity index (χ4n) is 2.42. The van der Waals surface area contributed by atoms with Crippen molar-refractivity contribution in [1.29, 1.82) is 0 Å². The molecule has 0 amide bonds. The minimum Gasteiger partial charge on any atom is -0.352 e. The number of Topliss-reactive ketones (excluding diaryl/α,β-unsaturated/α-hetero) is 1. The maximum atomic E-state index is 11.6. The molecule has 3 rings (SSSR count). The average Bonchev–Trinajstić information content (AvgIpc) is 2.35. The Hall–Kier alpha value is -1.65. The predicted molar refractivity (Wildman–Crippen MR) is 79.0 cm³/mol. The first-order chi connectivity index (χ1) is 9.37. The van der Waals surface area contributed by atoms with E-state index in [0.29, 0.717) is 5.02 Å². The molecule has 20 heavy (non-hydrogen) atoms. The standard InChI is InChI=1S/C15H15ClN2O2/c1-8(19)14-18-12-7-9-6-10(16)4-5-11(9)17-13(12)15(2,3)20-14/h4-7,14,18H,1-3H3. The molecule has 1 aliphatic rings. The Morgan fingerprint density at radius 2 is 2.15 bits per heavy atom.